The predicted molar refractivity (Wildman–Crippen MR) is 107 cm³/mol. The summed E-state index contributed by atoms with van der Waals surface area (Å²) in [4.78, 5) is 19.0. The Bertz CT molecular complexity index is 877. The normalized spacial score (nSPS) is 10.4. The molecule has 0 aliphatic rings. The van der Waals surface area contributed by atoms with Gasteiger partial charge in [0.25, 0.3) is 5.91 Å². The molecule has 1 amide bonds. The van der Waals surface area contributed by atoms with Crippen molar-refractivity contribution in [2.75, 3.05) is 16.8 Å². The largest absolute Gasteiger partial charge is 0.367 e. The van der Waals surface area contributed by atoms with Crippen LogP contribution < -0.4 is 10.2 Å². The monoisotopic (exact) mass is 345 g/mol. The zero-order valence-corrected chi connectivity index (χ0v) is 15.1. The molecule has 4 nitrogen and oxygen atoms in total. The number of carbonyl (C=O) groups excluding carboxylic acids is 1. The van der Waals surface area contributed by atoms with E-state index in [1.54, 1.807) is 6.20 Å². The summed E-state index contributed by atoms with van der Waals surface area (Å²) in [6.45, 7) is 5.74. The lowest BCUT2D eigenvalue weighted by atomic mass is 10.2. The van der Waals surface area contributed by atoms with E-state index in [2.05, 4.69) is 34.3 Å². The van der Waals surface area contributed by atoms with E-state index in [4.69, 9.17) is 0 Å². The highest BCUT2D eigenvalue weighted by Crippen LogP contribution is 2.18. The quantitative estimate of drug-likeness (QED) is 0.706. The SMILES string of the molecule is CCN(Cc1ccccc1)c1ccnc(C(=O)Nc2cccc(C)c2)c1. The Morgan fingerprint density at radius 2 is 1.85 bits per heavy atom. The molecule has 0 bridgehead atoms. The highest BCUT2D eigenvalue weighted by Gasteiger charge is 2.12. The minimum atomic E-state index is -0.201. The minimum Gasteiger partial charge on any atom is -0.367 e. The van der Waals surface area contributed by atoms with Gasteiger partial charge in [-0.05, 0) is 49.2 Å². The van der Waals surface area contributed by atoms with Crippen LogP contribution in [0.25, 0.3) is 0 Å². The summed E-state index contributed by atoms with van der Waals surface area (Å²) in [6.07, 6.45) is 1.69. The number of aromatic nitrogens is 1. The van der Waals surface area contributed by atoms with Crippen molar-refractivity contribution >= 4 is 17.3 Å². The van der Waals surface area contributed by atoms with Gasteiger partial charge in [-0.2, -0.15) is 0 Å². The predicted octanol–water partition coefficient (Wildman–Crippen LogP) is 4.67. The number of amides is 1. The Hall–Kier alpha value is -3.14. The first-order valence-electron chi connectivity index (χ1n) is 8.78. The summed E-state index contributed by atoms with van der Waals surface area (Å²) < 4.78 is 0. The number of hydrogen-bond acceptors (Lipinski definition) is 3. The van der Waals surface area contributed by atoms with Crippen molar-refractivity contribution in [3.63, 3.8) is 0 Å². The van der Waals surface area contributed by atoms with Crippen molar-refractivity contribution in [1.29, 1.82) is 0 Å². The molecule has 0 unspecified atom stereocenters. The van der Waals surface area contributed by atoms with Crippen molar-refractivity contribution in [3.8, 4) is 0 Å². The minimum absolute atomic E-state index is 0.201. The molecule has 3 rings (SSSR count). The summed E-state index contributed by atoms with van der Waals surface area (Å²) >= 11 is 0. The van der Waals surface area contributed by atoms with Crippen LogP contribution in [0.3, 0.4) is 0 Å². The Balaban J connectivity index is 1.77. The molecule has 4 heteroatoms. The molecule has 26 heavy (non-hydrogen) atoms. The number of nitrogens with one attached hydrogen (secondary N) is 1. The maximum atomic E-state index is 12.6. The fraction of sp³-hybridized carbons (Fsp3) is 0.182. The van der Waals surface area contributed by atoms with Crippen LogP contribution >= 0.6 is 0 Å². The maximum absolute atomic E-state index is 12.6. The van der Waals surface area contributed by atoms with Gasteiger partial charge < -0.3 is 10.2 Å². The molecule has 1 aromatic heterocycles. The number of carbonyl (C=O) groups is 1. The van der Waals surface area contributed by atoms with Crippen LogP contribution in [-0.2, 0) is 6.54 Å². The average Bonchev–Trinajstić information content (AvgIpc) is 2.67. The van der Waals surface area contributed by atoms with E-state index in [1.807, 2.05) is 61.5 Å². The Morgan fingerprint density at radius 1 is 1.04 bits per heavy atom. The lowest BCUT2D eigenvalue weighted by Gasteiger charge is -2.23. The number of nitrogens with zero attached hydrogens (tertiary/aromatic N) is 2. The number of hydrogen-bond donors (Lipinski definition) is 1. The molecule has 0 atom stereocenters. The first-order valence-corrected chi connectivity index (χ1v) is 8.78. The van der Waals surface area contributed by atoms with Gasteiger partial charge in [0.1, 0.15) is 5.69 Å². The molecule has 3 aromatic rings. The van der Waals surface area contributed by atoms with Crippen LogP contribution in [0.2, 0.25) is 0 Å². The first-order chi connectivity index (χ1) is 12.7. The highest BCUT2D eigenvalue weighted by atomic mass is 16.1. The fourth-order valence-electron chi connectivity index (χ4n) is 2.85. The molecular weight excluding hydrogens is 322 g/mol. The van der Waals surface area contributed by atoms with Crippen molar-refractivity contribution in [1.82, 2.24) is 4.98 Å². The molecule has 0 radical (unpaired) electrons. The standard InChI is InChI=1S/C22H23N3O/c1-3-25(16-18-9-5-4-6-10-18)20-12-13-23-21(15-20)22(26)24-19-11-7-8-17(2)14-19/h4-15H,3,16H2,1-2H3,(H,24,26). The molecule has 1 heterocycles. The van der Waals surface area contributed by atoms with E-state index in [0.717, 1.165) is 30.0 Å². The summed E-state index contributed by atoms with van der Waals surface area (Å²) in [7, 11) is 0. The molecule has 132 valence electrons. The van der Waals surface area contributed by atoms with Crippen molar-refractivity contribution in [2.24, 2.45) is 0 Å². The molecular formula is C22H23N3O. The molecule has 0 saturated heterocycles. The van der Waals surface area contributed by atoms with Crippen LogP contribution in [0.1, 0.15) is 28.5 Å². The third-order valence-corrected chi connectivity index (χ3v) is 4.22. The summed E-state index contributed by atoms with van der Waals surface area (Å²) in [6, 6.07) is 21.8. The molecule has 0 aliphatic carbocycles. The second-order valence-corrected chi connectivity index (χ2v) is 6.22. The topological polar surface area (TPSA) is 45.2 Å². The summed E-state index contributed by atoms with van der Waals surface area (Å²) in [5.74, 6) is -0.201. The molecule has 0 fully saturated rings. The van der Waals surface area contributed by atoms with Gasteiger partial charge in [-0.15, -0.1) is 0 Å². The van der Waals surface area contributed by atoms with E-state index in [1.165, 1.54) is 5.56 Å². The van der Waals surface area contributed by atoms with E-state index in [0.29, 0.717) is 5.69 Å². The zero-order valence-electron chi connectivity index (χ0n) is 15.1. The summed E-state index contributed by atoms with van der Waals surface area (Å²) in [5.41, 5.74) is 4.51. The second kappa shape index (κ2) is 8.30. The van der Waals surface area contributed by atoms with Gasteiger partial charge in [-0.1, -0.05) is 42.5 Å². The molecule has 2 aromatic carbocycles. The van der Waals surface area contributed by atoms with Crippen LogP contribution in [0.15, 0.2) is 72.9 Å². The number of pyridine rings is 1. The van der Waals surface area contributed by atoms with Gasteiger partial charge in [0.15, 0.2) is 0 Å². The number of benzene rings is 2. The van der Waals surface area contributed by atoms with Gasteiger partial charge in [0, 0.05) is 30.7 Å². The van der Waals surface area contributed by atoms with Crippen LogP contribution in [0.4, 0.5) is 11.4 Å². The average molecular weight is 345 g/mol. The lowest BCUT2D eigenvalue weighted by molar-refractivity contribution is 0.102. The smallest absolute Gasteiger partial charge is 0.274 e. The molecule has 1 N–H and O–H groups in total. The number of anilines is 2. The van der Waals surface area contributed by atoms with Crippen LogP contribution in [-0.4, -0.2) is 17.4 Å². The van der Waals surface area contributed by atoms with E-state index in [9.17, 15) is 4.79 Å². The van der Waals surface area contributed by atoms with Crippen LogP contribution in [0.5, 0.6) is 0 Å². The van der Waals surface area contributed by atoms with E-state index in [-0.39, 0.29) is 5.91 Å². The number of aryl methyl sites for hydroxylation is 1. The van der Waals surface area contributed by atoms with E-state index < -0.39 is 0 Å². The van der Waals surface area contributed by atoms with Crippen molar-refractivity contribution in [2.45, 2.75) is 20.4 Å². The Morgan fingerprint density at radius 3 is 2.58 bits per heavy atom. The van der Waals surface area contributed by atoms with E-state index >= 15 is 0 Å². The molecule has 0 saturated carbocycles. The fourth-order valence-corrected chi connectivity index (χ4v) is 2.85. The van der Waals surface area contributed by atoms with Gasteiger partial charge >= 0.3 is 0 Å². The first kappa shape index (κ1) is 17.7. The maximum Gasteiger partial charge on any atom is 0.274 e. The Kier molecular flexibility index (Phi) is 5.64. The summed E-state index contributed by atoms with van der Waals surface area (Å²) in [5, 5.41) is 2.91. The van der Waals surface area contributed by atoms with Crippen molar-refractivity contribution in [3.05, 3.63) is 89.7 Å². The molecule has 0 aliphatic heterocycles. The van der Waals surface area contributed by atoms with Crippen molar-refractivity contribution < 1.29 is 4.79 Å². The lowest BCUT2D eigenvalue weighted by Crippen LogP contribution is -2.23. The molecule has 0 spiro atoms. The third kappa shape index (κ3) is 4.48. The highest BCUT2D eigenvalue weighted by molar-refractivity contribution is 6.03. The third-order valence-electron chi connectivity index (χ3n) is 4.22. The second-order valence-electron chi connectivity index (χ2n) is 6.22. The van der Waals surface area contributed by atoms with Gasteiger partial charge in [-0.3, -0.25) is 9.78 Å². The number of rotatable bonds is 6. The van der Waals surface area contributed by atoms with Gasteiger partial charge in [-0.25, -0.2) is 0 Å². The van der Waals surface area contributed by atoms with Crippen LogP contribution in [0, 0.1) is 6.92 Å². The Labute approximate surface area is 154 Å². The van der Waals surface area contributed by atoms with Gasteiger partial charge in [0.05, 0.1) is 0 Å². The zero-order chi connectivity index (χ0) is 18.4. The van der Waals surface area contributed by atoms with Gasteiger partial charge in [0.2, 0.25) is 0 Å².